The van der Waals surface area contributed by atoms with Crippen molar-refractivity contribution in [2.24, 2.45) is 17.3 Å². The van der Waals surface area contributed by atoms with Crippen LogP contribution in [0.25, 0.3) is 0 Å². The van der Waals surface area contributed by atoms with Crippen LogP contribution in [0, 0.1) is 17.3 Å². The van der Waals surface area contributed by atoms with Crippen molar-refractivity contribution in [2.75, 3.05) is 0 Å². The van der Waals surface area contributed by atoms with Crippen molar-refractivity contribution in [3.05, 3.63) is 23.3 Å². The number of allylic oxidation sites excluding steroid dienone is 4. The monoisotopic (exact) mass is 200 g/mol. The summed E-state index contributed by atoms with van der Waals surface area (Å²) >= 11 is 0. The van der Waals surface area contributed by atoms with Crippen LogP contribution in [0.5, 0.6) is 0 Å². The summed E-state index contributed by atoms with van der Waals surface area (Å²) in [6.45, 7) is 0. The third-order valence-corrected chi connectivity index (χ3v) is 5.26. The van der Waals surface area contributed by atoms with Gasteiger partial charge >= 0.3 is 0 Å². The number of Topliss-reactive ketones (excluding diaryl/α,β-unsaturated/α-hetero) is 1. The van der Waals surface area contributed by atoms with E-state index in [0.29, 0.717) is 17.1 Å². The highest BCUT2D eigenvalue weighted by molar-refractivity contribution is 6.00. The summed E-state index contributed by atoms with van der Waals surface area (Å²) in [6, 6.07) is 0. The van der Waals surface area contributed by atoms with E-state index in [0.717, 1.165) is 18.8 Å². The van der Waals surface area contributed by atoms with Gasteiger partial charge in [-0.3, -0.25) is 4.79 Å². The van der Waals surface area contributed by atoms with Crippen LogP contribution in [-0.2, 0) is 4.79 Å². The molecule has 0 N–H and O–H groups in total. The minimum Gasteiger partial charge on any atom is -0.295 e. The zero-order valence-electron chi connectivity index (χ0n) is 8.96. The molecule has 4 rings (SSSR count). The molecule has 0 aliphatic heterocycles. The van der Waals surface area contributed by atoms with Crippen LogP contribution < -0.4 is 0 Å². The molecule has 3 atom stereocenters. The molecular formula is C14H16O. The molecule has 15 heavy (non-hydrogen) atoms. The van der Waals surface area contributed by atoms with Gasteiger partial charge in [0, 0.05) is 11.8 Å². The van der Waals surface area contributed by atoms with Crippen LogP contribution in [0.15, 0.2) is 23.3 Å². The highest BCUT2D eigenvalue weighted by Gasteiger charge is 2.57. The Balaban J connectivity index is 1.84. The Kier molecular flexibility index (Phi) is 1.36. The number of carbonyl (C=O) groups is 1. The maximum atomic E-state index is 11.9. The van der Waals surface area contributed by atoms with Crippen molar-refractivity contribution in [3.63, 3.8) is 0 Å². The summed E-state index contributed by atoms with van der Waals surface area (Å²) < 4.78 is 0. The Morgan fingerprint density at radius 3 is 3.13 bits per heavy atom. The Morgan fingerprint density at radius 1 is 1.27 bits per heavy atom. The number of ketones is 1. The zero-order chi connectivity index (χ0) is 10.0. The van der Waals surface area contributed by atoms with E-state index in [-0.39, 0.29) is 0 Å². The quantitative estimate of drug-likeness (QED) is 0.549. The van der Waals surface area contributed by atoms with Gasteiger partial charge in [0.1, 0.15) is 0 Å². The van der Waals surface area contributed by atoms with E-state index in [1.54, 1.807) is 0 Å². The van der Waals surface area contributed by atoms with E-state index in [4.69, 9.17) is 0 Å². The van der Waals surface area contributed by atoms with Crippen molar-refractivity contribution in [1.29, 1.82) is 0 Å². The van der Waals surface area contributed by atoms with Crippen molar-refractivity contribution in [2.45, 2.75) is 38.5 Å². The number of hydrogen-bond donors (Lipinski definition) is 0. The lowest BCUT2D eigenvalue weighted by molar-refractivity contribution is -0.115. The van der Waals surface area contributed by atoms with Crippen molar-refractivity contribution >= 4 is 5.78 Å². The fraction of sp³-hybridized carbons (Fsp3) is 0.643. The summed E-state index contributed by atoms with van der Waals surface area (Å²) in [5.74, 6) is 1.96. The van der Waals surface area contributed by atoms with Crippen molar-refractivity contribution in [3.8, 4) is 0 Å². The number of rotatable bonds is 0. The van der Waals surface area contributed by atoms with Gasteiger partial charge in [0.25, 0.3) is 0 Å². The van der Waals surface area contributed by atoms with Gasteiger partial charge in [0.2, 0.25) is 0 Å². The molecule has 1 spiro atoms. The molecule has 1 heteroatoms. The normalized spacial score (nSPS) is 46.3. The molecule has 0 unspecified atom stereocenters. The van der Waals surface area contributed by atoms with E-state index in [1.807, 2.05) is 0 Å². The molecule has 0 aromatic rings. The van der Waals surface area contributed by atoms with Crippen molar-refractivity contribution < 1.29 is 4.79 Å². The average molecular weight is 200 g/mol. The van der Waals surface area contributed by atoms with E-state index < -0.39 is 0 Å². The second-order valence-electron chi connectivity index (χ2n) is 5.69. The lowest BCUT2D eigenvalue weighted by atomic mass is 9.73. The average Bonchev–Trinajstić information content (AvgIpc) is 2.86. The van der Waals surface area contributed by atoms with Gasteiger partial charge in [-0.05, 0) is 49.5 Å². The van der Waals surface area contributed by atoms with Gasteiger partial charge in [-0.2, -0.15) is 0 Å². The molecule has 0 amide bonds. The van der Waals surface area contributed by atoms with Gasteiger partial charge in [0.15, 0.2) is 5.78 Å². The Labute approximate surface area is 90.2 Å². The lowest BCUT2D eigenvalue weighted by Gasteiger charge is -2.30. The van der Waals surface area contributed by atoms with Gasteiger partial charge in [0.05, 0.1) is 0 Å². The predicted octanol–water partition coefficient (Wildman–Crippen LogP) is 3.02. The van der Waals surface area contributed by atoms with E-state index in [1.165, 1.54) is 36.8 Å². The molecule has 0 aromatic heterocycles. The predicted molar refractivity (Wildman–Crippen MR) is 58.3 cm³/mol. The molecule has 1 saturated carbocycles. The summed E-state index contributed by atoms with van der Waals surface area (Å²) in [5, 5.41) is 0. The zero-order valence-corrected chi connectivity index (χ0v) is 8.96. The molecule has 0 radical (unpaired) electrons. The number of hydrogen-bond acceptors (Lipinski definition) is 1. The second kappa shape index (κ2) is 2.45. The first-order valence-corrected chi connectivity index (χ1v) is 6.24. The van der Waals surface area contributed by atoms with Gasteiger partial charge in [-0.25, -0.2) is 0 Å². The van der Waals surface area contributed by atoms with Crippen LogP contribution in [0.1, 0.15) is 38.5 Å². The fourth-order valence-corrected chi connectivity index (χ4v) is 4.70. The molecule has 1 nitrogen and oxygen atoms in total. The van der Waals surface area contributed by atoms with Gasteiger partial charge in [-0.1, -0.05) is 17.7 Å². The molecule has 0 aromatic carbocycles. The molecule has 4 aliphatic rings. The number of carbonyl (C=O) groups excluding carboxylic acids is 1. The molecule has 1 fully saturated rings. The van der Waals surface area contributed by atoms with Crippen LogP contribution >= 0.6 is 0 Å². The smallest absolute Gasteiger partial charge is 0.159 e. The van der Waals surface area contributed by atoms with Crippen molar-refractivity contribution in [1.82, 2.24) is 0 Å². The molecular weight excluding hydrogens is 184 g/mol. The van der Waals surface area contributed by atoms with Crippen LogP contribution in [-0.4, -0.2) is 5.78 Å². The molecule has 0 bridgehead atoms. The van der Waals surface area contributed by atoms with Gasteiger partial charge < -0.3 is 0 Å². The van der Waals surface area contributed by atoms with E-state index >= 15 is 0 Å². The van der Waals surface area contributed by atoms with Crippen LogP contribution in [0.4, 0.5) is 0 Å². The molecule has 0 saturated heterocycles. The Bertz CT molecular complexity index is 415. The molecule has 4 aliphatic carbocycles. The van der Waals surface area contributed by atoms with Crippen LogP contribution in [0.3, 0.4) is 0 Å². The second-order valence-corrected chi connectivity index (χ2v) is 5.69. The Hall–Kier alpha value is -0.850. The first-order valence-electron chi connectivity index (χ1n) is 6.24. The third kappa shape index (κ3) is 0.802. The first kappa shape index (κ1) is 8.32. The maximum absolute atomic E-state index is 11.9. The van der Waals surface area contributed by atoms with E-state index in [9.17, 15) is 4.79 Å². The van der Waals surface area contributed by atoms with Crippen LogP contribution in [0.2, 0.25) is 0 Å². The summed E-state index contributed by atoms with van der Waals surface area (Å²) in [5.41, 5.74) is 3.23. The summed E-state index contributed by atoms with van der Waals surface area (Å²) in [6.07, 6.45) is 11.8. The van der Waals surface area contributed by atoms with E-state index in [2.05, 4.69) is 12.2 Å². The third-order valence-electron chi connectivity index (χ3n) is 5.26. The Morgan fingerprint density at radius 2 is 2.20 bits per heavy atom. The maximum Gasteiger partial charge on any atom is 0.159 e. The first-order chi connectivity index (χ1) is 7.31. The minimum atomic E-state index is 0.417. The fourth-order valence-electron chi connectivity index (χ4n) is 4.70. The van der Waals surface area contributed by atoms with Gasteiger partial charge in [-0.15, -0.1) is 0 Å². The minimum absolute atomic E-state index is 0.417. The molecule has 0 heterocycles. The standard InChI is InChI=1S/C14H16O/c15-12-6-3-9-8-14-7-1-2-10(14)4-5-11(14)13(9)12/h1,7,10-11H,2-6,8H2/t10-,11+,14+/m1/s1. The summed E-state index contributed by atoms with van der Waals surface area (Å²) in [4.78, 5) is 11.9. The highest BCUT2D eigenvalue weighted by Crippen LogP contribution is 2.65. The molecule has 78 valence electrons. The number of fused-ring (bicyclic) bond motifs is 1. The lowest BCUT2D eigenvalue weighted by Crippen LogP contribution is -2.25. The highest BCUT2D eigenvalue weighted by atomic mass is 16.1. The largest absolute Gasteiger partial charge is 0.295 e. The topological polar surface area (TPSA) is 17.1 Å². The summed E-state index contributed by atoms with van der Waals surface area (Å²) in [7, 11) is 0. The SMILES string of the molecule is O=C1CCC2=C1[C@@H]1CC[C@H]3CC=C[C@]31C2.